The Balaban J connectivity index is 1.23. The van der Waals surface area contributed by atoms with Crippen molar-refractivity contribution in [2.75, 3.05) is 0 Å². The summed E-state index contributed by atoms with van der Waals surface area (Å²) in [6, 6.07) is 64.0. The monoisotopic (exact) mass is 650 g/mol. The predicted octanol–water partition coefficient (Wildman–Crippen LogP) is 13.0. The number of fused-ring (bicyclic) bond motifs is 5. The predicted molar refractivity (Wildman–Crippen MR) is 212 cm³/mol. The maximum Gasteiger partial charge on any atom is 0.160 e. The van der Waals surface area contributed by atoms with Crippen LogP contribution in [0.4, 0.5) is 0 Å². The lowest BCUT2D eigenvalue weighted by atomic mass is 9.93. The fraction of sp³-hybridized carbons (Fsp3) is 0. The van der Waals surface area contributed by atoms with Gasteiger partial charge in [0.2, 0.25) is 0 Å². The van der Waals surface area contributed by atoms with E-state index in [4.69, 9.17) is 14.4 Å². The maximum absolute atomic E-state index is 6.55. The molecule has 0 saturated heterocycles. The van der Waals surface area contributed by atoms with Crippen molar-refractivity contribution < 1.29 is 4.42 Å². The first-order valence-corrected chi connectivity index (χ1v) is 17.2. The molecule has 3 heteroatoms. The van der Waals surface area contributed by atoms with Gasteiger partial charge < -0.3 is 4.42 Å². The molecule has 0 N–H and O–H groups in total. The van der Waals surface area contributed by atoms with Crippen molar-refractivity contribution in [2.45, 2.75) is 0 Å². The Bertz CT molecular complexity index is 2920. The standard InChI is InChI=1S/C48H30N2O/c1-2-13-33(14-3-1)44-30-45(50-48(49-44)37-24-22-32-12-5-7-16-35(32)26-37)40-28-38(36-23-21-31-11-4-6-15-34(31)25-36)27-39(29-40)41-18-10-19-43-42-17-8-9-20-46(42)51-47(41)43/h1-30H. The number of hydrogen-bond acceptors (Lipinski definition) is 3. The summed E-state index contributed by atoms with van der Waals surface area (Å²) < 4.78 is 6.55. The van der Waals surface area contributed by atoms with Gasteiger partial charge in [0.05, 0.1) is 11.4 Å². The van der Waals surface area contributed by atoms with Gasteiger partial charge in [-0.15, -0.1) is 0 Å². The van der Waals surface area contributed by atoms with Gasteiger partial charge in [0.25, 0.3) is 0 Å². The molecular formula is C48H30N2O. The lowest BCUT2D eigenvalue weighted by Crippen LogP contribution is -1.97. The van der Waals surface area contributed by atoms with Crippen LogP contribution in [0.25, 0.3) is 99.6 Å². The van der Waals surface area contributed by atoms with Crippen LogP contribution in [0.5, 0.6) is 0 Å². The van der Waals surface area contributed by atoms with Gasteiger partial charge in [-0.1, -0.05) is 140 Å². The molecule has 2 heterocycles. The van der Waals surface area contributed by atoms with E-state index in [0.29, 0.717) is 5.82 Å². The molecule has 0 bridgehead atoms. The van der Waals surface area contributed by atoms with Crippen LogP contribution in [-0.2, 0) is 0 Å². The van der Waals surface area contributed by atoms with Crippen LogP contribution in [-0.4, -0.2) is 9.97 Å². The Morgan fingerprint density at radius 1 is 0.333 bits per heavy atom. The fourth-order valence-corrected chi connectivity index (χ4v) is 7.25. The van der Waals surface area contributed by atoms with E-state index in [0.717, 1.165) is 77.7 Å². The van der Waals surface area contributed by atoms with Crippen LogP contribution >= 0.6 is 0 Å². The third-order valence-corrected chi connectivity index (χ3v) is 9.83. The summed E-state index contributed by atoms with van der Waals surface area (Å²) in [5, 5.41) is 6.98. The number of benzene rings is 8. The Hall–Kier alpha value is -6.84. The normalized spacial score (nSPS) is 11.5. The van der Waals surface area contributed by atoms with E-state index in [1.807, 2.05) is 18.2 Å². The minimum Gasteiger partial charge on any atom is -0.455 e. The van der Waals surface area contributed by atoms with Crippen molar-refractivity contribution in [3.63, 3.8) is 0 Å². The highest BCUT2D eigenvalue weighted by Crippen LogP contribution is 2.40. The first-order valence-electron chi connectivity index (χ1n) is 17.2. The van der Waals surface area contributed by atoms with Crippen LogP contribution in [0.3, 0.4) is 0 Å². The summed E-state index contributed by atoms with van der Waals surface area (Å²) in [6.07, 6.45) is 0. The zero-order valence-electron chi connectivity index (χ0n) is 27.6. The molecule has 8 aromatic carbocycles. The summed E-state index contributed by atoms with van der Waals surface area (Å²) in [5.74, 6) is 0.689. The van der Waals surface area contributed by atoms with Crippen molar-refractivity contribution in [1.29, 1.82) is 0 Å². The lowest BCUT2D eigenvalue weighted by molar-refractivity contribution is 0.670. The van der Waals surface area contributed by atoms with E-state index in [1.165, 1.54) is 16.2 Å². The van der Waals surface area contributed by atoms with Gasteiger partial charge >= 0.3 is 0 Å². The molecule has 0 aliphatic carbocycles. The molecule has 0 radical (unpaired) electrons. The minimum atomic E-state index is 0.689. The van der Waals surface area contributed by atoms with Gasteiger partial charge in [-0.3, -0.25) is 0 Å². The van der Waals surface area contributed by atoms with Gasteiger partial charge in [-0.05, 0) is 80.7 Å². The molecule has 0 aliphatic rings. The average molecular weight is 651 g/mol. The molecule has 238 valence electrons. The van der Waals surface area contributed by atoms with Crippen LogP contribution in [0.1, 0.15) is 0 Å². The maximum atomic E-state index is 6.55. The van der Waals surface area contributed by atoms with E-state index in [2.05, 4.69) is 164 Å². The van der Waals surface area contributed by atoms with Crippen molar-refractivity contribution in [3.8, 4) is 56.2 Å². The van der Waals surface area contributed by atoms with Gasteiger partial charge in [0, 0.05) is 33.0 Å². The second kappa shape index (κ2) is 11.9. The van der Waals surface area contributed by atoms with E-state index in [1.54, 1.807) is 0 Å². The van der Waals surface area contributed by atoms with Crippen molar-refractivity contribution in [1.82, 2.24) is 9.97 Å². The zero-order valence-corrected chi connectivity index (χ0v) is 27.6. The van der Waals surface area contributed by atoms with Crippen molar-refractivity contribution in [2.24, 2.45) is 0 Å². The molecule has 0 atom stereocenters. The number of furan rings is 1. The first-order chi connectivity index (χ1) is 25.2. The number of hydrogen-bond donors (Lipinski definition) is 0. The highest BCUT2D eigenvalue weighted by atomic mass is 16.3. The van der Waals surface area contributed by atoms with Gasteiger partial charge in [0.15, 0.2) is 5.82 Å². The van der Waals surface area contributed by atoms with Crippen molar-refractivity contribution >= 4 is 43.5 Å². The fourth-order valence-electron chi connectivity index (χ4n) is 7.25. The second-order valence-electron chi connectivity index (χ2n) is 13.0. The van der Waals surface area contributed by atoms with Crippen LogP contribution in [0.15, 0.2) is 186 Å². The van der Waals surface area contributed by atoms with Crippen LogP contribution < -0.4 is 0 Å². The smallest absolute Gasteiger partial charge is 0.160 e. The Morgan fingerprint density at radius 2 is 0.922 bits per heavy atom. The highest BCUT2D eigenvalue weighted by Gasteiger charge is 2.17. The molecule has 0 saturated carbocycles. The van der Waals surface area contributed by atoms with Crippen molar-refractivity contribution in [3.05, 3.63) is 182 Å². The zero-order chi connectivity index (χ0) is 33.7. The Labute approximate surface area is 295 Å². The molecule has 10 rings (SSSR count). The van der Waals surface area contributed by atoms with E-state index in [-0.39, 0.29) is 0 Å². The molecule has 51 heavy (non-hydrogen) atoms. The molecule has 0 aliphatic heterocycles. The number of aromatic nitrogens is 2. The molecule has 0 unspecified atom stereocenters. The summed E-state index contributed by atoms with van der Waals surface area (Å²) in [6.45, 7) is 0. The number of nitrogens with zero attached hydrogens (tertiary/aromatic N) is 2. The van der Waals surface area contributed by atoms with E-state index < -0.39 is 0 Å². The number of para-hydroxylation sites is 2. The SMILES string of the molecule is c1ccc(-c2cc(-c3cc(-c4ccc5ccccc5c4)cc(-c4cccc5c4oc4ccccc45)c3)nc(-c3ccc4ccccc4c3)n2)cc1. The lowest BCUT2D eigenvalue weighted by Gasteiger charge is -2.14. The van der Waals surface area contributed by atoms with Gasteiger partial charge in [-0.25, -0.2) is 9.97 Å². The molecule has 0 fully saturated rings. The molecule has 2 aromatic heterocycles. The molecular weight excluding hydrogens is 621 g/mol. The first kappa shape index (κ1) is 29.1. The minimum absolute atomic E-state index is 0.689. The Kier molecular flexibility index (Phi) is 6.81. The Morgan fingerprint density at radius 3 is 1.71 bits per heavy atom. The third kappa shape index (κ3) is 5.24. The average Bonchev–Trinajstić information content (AvgIpc) is 3.59. The summed E-state index contributed by atoms with van der Waals surface area (Å²) >= 11 is 0. The van der Waals surface area contributed by atoms with Crippen LogP contribution in [0.2, 0.25) is 0 Å². The second-order valence-corrected chi connectivity index (χ2v) is 13.0. The third-order valence-electron chi connectivity index (χ3n) is 9.83. The topological polar surface area (TPSA) is 38.9 Å². The van der Waals surface area contributed by atoms with Gasteiger partial charge in [-0.2, -0.15) is 0 Å². The van der Waals surface area contributed by atoms with E-state index in [9.17, 15) is 0 Å². The summed E-state index contributed by atoms with van der Waals surface area (Å²) in [4.78, 5) is 10.4. The summed E-state index contributed by atoms with van der Waals surface area (Å²) in [7, 11) is 0. The molecule has 0 amide bonds. The molecule has 10 aromatic rings. The largest absolute Gasteiger partial charge is 0.455 e. The molecule has 3 nitrogen and oxygen atoms in total. The van der Waals surface area contributed by atoms with Gasteiger partial charge in [0.1, 0.15) is 11.2 Å². The quantitative estimate of drug-likeness (QED) is 0.186. The number of rotatable bonds is 5. The van der Waals surface area contributed by atoms with E-state index >= 15 is 0 Å². The highest BCUT2D eigenvalue weighted by molar-refractivity contribution is 6.10. The van der Waals surface area contributed by atoms with Crippen LogP contribution in [0, 0.1) is 0 Å². The molecule has 0 spiro atoms. The summed E-state index contributed by atoms with van der Waals surface area (Å²) in [5.41, 5.74) is 10.9.